The van der Waals surface area contributed by atoms with Gasteiger partial charge in [0.2, 0.25) is 0 Å². The highest BCUT2D eigenvalue weighted by atomic mass is 16.5. The maximum absolute atomic E-state index is 13.4. The molecular weight excluding hydrogens is 482 g/mol. The van der Waals surface area contributed by atoms with E-state index in [1.165, 1.54) is 25.6 Å². The lowest BCUT2D eigenvalue weighted by Crippen LogP contribution is -2.54. The SMILES string of the molecule is COC1COCC[C@@H]1NC1CCN(C(=O)c2ncnc(NC[C@@H]3CCCC(c4ccc(C)o4)C3)c2C)CC1. The van der Waals surface area contributed by atoms with E-state index in [2.05, 4.69) is 32.7 Å². The average Bonchev–Trinajstić information content (AvgIpc) is 3.39. The first-order chi connectivity index (χ1) is 18.5. The van der Waals surface area contributed by atoms with Gasteiger partial charge in [-0.1, -0.05) is 6.42 Å². The second-order valence-corrected chi connectivity index (χ2v) is 11.2. The van der Waals surface area contributed by atoms with Crippen molar-refractivity contribution < 1.29 is 18.7 Å². The molecule has 9 heteroatoms. The van der Waals surface area contributed by atoms with Crippen LogP contribution in [0.4, 0.5) is 5.82 Å². The lowest BCUT2D eigenvalue weighted by atomic mass is 9.80. The van der Waals surface area contributed by atoms with Crippen LogP contribution >= 0.6 is 0 Å². The fourth-order valence-electron chi connectivity index (χ4n) is 6.33. The van der Waals surface area contributed by atoms with Gasteiger partial charge in [-0.25, -0.2) is 9.97 Å². The van der Waals surface area contributed by atoms with Gasteiger partial charge in [-0.15, -0.1) is 0 Å². The number of likely N-dealkylation sites (tertiary alicyclic amines) is 1. The van der Waals surface area contributed by atoms with E-state index in [4.69, 9.17) is 13.9 Å². The second-order valence-electron chi connectivity index (χ2n) is 11.2. The normalized spacial score (nSPS) is 26.9. The maximum atomic E-state index is 13.4. The summed E-state index contributed by atoms with van der Waals surface area (Å²) in [6.07, 6.45) is 9.10. The van der Waals surface area contributed by atoms with E-state index < -0.39 is 0 Å². The van der Waals surface area contributed by atoms with Crippen LogP contribution in [0.15, 0.2) is 22.9 Å². The van der Waals surface area contributed by atoms with Gasteiger partial charge in [0.15, 0.2) is 0 Å². The molecule has 2 saturated heterocycles. The molecule has 9 nitrogen and oxygen atoms in total. The van der Waals surface area contributed by atoms with Gasteiger partial charge in [-0.3, -0.25) is 4.79 Å². The molecule has 1 aliphatic carbocycles. The van der Waals surface area contributed by atoms with Gasteiger partial charge in [0, 0.05) is 56.9 Å². The Morgan fingerprint density at radius 3 is 2.74 bits per heavy atom. The van der Waals surface area contributed by atoms with E-state index in [0.29, 0.717) is 36.2 Å². The van der Waals surface area contributed by atoms with Gasteiger partial charge < -0.3 is 29.4 Å². The number of ether oxygens (including phenoxy) is 2. The highest BCUT2D eigenvalue weighted by Gasteiger charge is 2.31. The number of amides is 1. The van der Waals surface area contributed by atoms with Crippen molar-refractivity contribution in [3.63, 3.8) is 0 Å². The first kappa shape index (κ1) is 27.1. The summed E-state index contributed by atoms with van der Waals surface area (Å²) in [4.78, 5) is 24.2. The van der Waals surface area contributed by atoms with Crippen molar-refractivity contribution in [2.45, 2.75) is 82.9 Å². The van der Waals surface area contributed by atoms with Crippen molar-refractivity contribution in [3.05, 3.63) is 41.2 Å². The smallest absolute Gasteiger partial charge is 0.272 e. The summed E-state index contributed by atoms with van der Waals surface area (Å²) < 4.78 is 17.1. The maximum Gasteiger partial charge on any atom is 0.272 e. The zero-order valence-electron chi connectivity index (χ0n) is 23.1. The molecule has 1 saturated carbocycles. The molecule has 0 radical (unpaired) electrons. The van der Waals surface area contributed by atoms with Gasteiger partial charge in [0.1, 0.15) is 29.4 Å². The van der Waals surface area contributed by atoms with Gasteiger partial charge in [-0.2, -0.15) is 0 Å². The summed E-state index contributed by atoms with van der Waals surface area (Å²) in [5.74, 6) is 3.89. The topological polar surface area (TPSA) is 102 Å². The number of carbonyl (C=O) groups is 1. The fourth-order valence-corrected chi connectivity index (χ4v) is 6.33. The van der Waals surface area contributed by atoms with E-state index in [-0.39, 0.29) is 12.0 Å². The van der Waals surface area contributed by atoms with Crippen molar-refractivity contribution >= 4 is 11.7 Å². The third kappa shape index (κ3) is 6.38. The molecule has 0 aromatic carbocycles. The Bertz CT molecular complexity index is 1070. The monoisotopic (exact) mass is 525 g/mol. The number of nitrogens with zero attached hydrogens (tertiary/aromatic N) is 3. The van der Waals surface area contributed by atoms with E-state index in [1.54, 1.807) is 7.11 Å². The van der Waals surface area contributed by atoms with Gasteiger partial charge in [-0.05, 0) is 70.4 Å². The van der Waals surface area contributed by atoms with Crippen LogP contribution in [0.1, 0.15) is 78.4 Å². The van der Waals surface area contributed by atoms with Crippen molar-refractivity contribution in [1.29, 1.82) is 0 Å². The Labute approximate surface area is 226 Å². The molecule has 2 aliphatic heterocycles. The molecule has 2 N–H and O–H groups in total. The zero-order chi connectivity index (χ0) is 26.5. The number of aryl methyl sites for hydroxylation is 1. The first-order valence-corrected chi connectivity index (χ1v) is 14.3. The van der Waals surface area contributed by atoms with Crippen molar-refractivity contribution in [3.8, 4) is 0 Å². The Balaban J connectivity index is 1.13. The van der Waals surface area contributed by atoms with E-state index in [1.807, 2.05) is 18.7 Å². The number of furan rings is 1. The van der Waals surface area contributed by atoms with Crippen LogP contribution in [0.5, 0.6) is 0 Å². The summed E-state index contributed by atoms with van der Waals surface area (Å²) in [6.45, 7) is 7.65. The molecule has 208 valence electrons. The molecule has 2 aromatic heterocycles. The fraction of sp³-hybridized carbons (Fsp3) is 0.690. The Morgan fingerprint density at radius 2 is 1.97 bits per heavy atom. The van der Waals surface area contributed by atoms with Crippen molar-refractivity contribution in [2.24, 2.45) is 5.92 Å². The van der Waals surface area contributed by atoms with Gasteiger partial charge >= 0.3 is 0 Å². The third-order valence-corrected chi connectivity index (χ3v) is 8.63. The highest BCUT2D eigenvalue weighted by Crippen LogP contribution is 2.37. The predicted octanol–water partition coefficient (Wildman–Crippen LogP) is 4.07. The number of methoxy groups -OCH3 is 1. The average molecular weight is 526 g/mol. The minimum absolute atomic E-state index is 0.00171. The number of anilines is 1. The number of hydrogen-bond donors (Lipinski definition) is 2. The number of carbonyl (C=O) groups excluding carboxylic acids is 1. The first-order valence-electron chi connectivity index (χ1n) is 14.3. The van der Waals surface area contributed by atoms with Crippen LogP contribution in [0.25, 0.3) is 0 Å². The molecular formula is C29H43N5O4. The third-order valence-electron chi connectivity index (χ3n) is 8.63. The molecule has 3 fully saturated rings. The Kier molecular flexibility index (Phi) is 8.97. The predicted molar refractivity (Wildman–Crippen MR) is 145 cm³/mol. The van der Waals surface area contributed by atoms with E-state index in [0.717, 1.165) is 74.8 Å². The number of piperidine rings is 1. The number of nitrogens with one attached hydrogen (secondary N) is 2. The quantitative estimate of drug-likeness (QED) is 0.532. The Morgan fingerprint density at radius 1 is 1.13 bits per heavy atom. The minimum Gasteiger partial charge on any atom is -0.466 e. The van der Waals surface area contributed by atoms with Crippen LogP contribution in [0.3, 0.4) is 0 Å². The lowest BCUT2D eigenvalue weighted by molar-refractivity contribution is -0.0533. The molecule has 0 bridgehead atoms. The molecule has 0 spiro atoms. The number of aromatic nitrogens is 2. The van der Waals surface area contributed by atoms with Crippen molar-refractivity contribution in [1.82, 2.24) is 20.2 Å². The summed E-state index contributed by atoms with van der Waals surface area (Å²) in [5.41, 5.74) is 1.34. The van der Waals surface area contributed by atoms with Crippen LogP contribution < -0.4 is 10.6 Å². The van der Waals surface area contributed by atoms with Crippen LogP contribution in [0, 0.1) is 19.8 Å². The highest BCUT2D eigenvalue weighted by molar-refractivity contribution is 5.94. The Hall–Kier alpha value is -2.49. The molecule has 4 heterocycles. The van der Waals surface area contributed by atoms with Gasteiger partial charge in [0.25, 0.3) is 5.91 Å². The number of hydrogen-bond acceptors (Lipinski definition) is 8. The zero-order valence-corrected chi connectivity index (χ0v) is 23.1. The van der Waals surface area contributed by atoms with E-state index >= 15 is 0 Å². The van der Waals surface area contributed by atoms with E-state index in [9.17, 15) is 4.79 Å². The minimum atomic E-state index is -0.00171. The molecule has 2 unspecified atom stereocenters. The van der Waals surface area contributed by atoms with Crippen molar-refractivity contribution in [2.75, 3.05) is 45.3 Å². The molecule has 3 aliphatic rings. The lowest BCUT2D eigenvalue weighted by Gasteiger charge is -2.38. The second kappa shape index (κ2) is 12.6. The summed E-state index contributed by atoms with van der Waals surface area (Å²) in [5, 5.41) is 7.29. The number of rotatable bonds is 8. The summed E-state index contributed by atoms with van der Waals surface area (Å²) in [7, 11) is 1.75. The van der Waals surface area contributed by atoms with Crippen LogP contribution in [-0.4, -0.2) is 78.9 Å². The van der Waals surface area contributed by atoms with Gasteiger partial charge in [0.05, 0.1) is 12.7 Å². The summed E-state index contributed by atoms with van der Waals surface area (Å²) in [6, 6.07) is 4.87. The largest absolute Gasteiger partial charge is 0.466 e. The standard InChI is InChI=1S/C29H43N5O4/c1-19-7-8-25(38-19)22-6-4-5-21(15-22)16-30-28-20(2)27(31-18-32-28)29(35)34-12-9-23(10-13-34)33-24-11-14-37-17-26(24)36-3/h7-8,18,21-24,26,33H,4-6,9-17H2,1-3H3,(H,30,31,32)/t21-,22?,24+,26?/m1/s1. The molecule has 4 atom stereocenters. The molecule has 5 rings (SSSR count). The molecule has 38 heavy (non-hydrogen) atoms. The summed E-state index contributed by atoms with van der Waals surface area (Å²) >= 11 is 0. The molecule has 1 amide bonds. The van der Waals surface area contributed by atoms with Crippen LogP contribution in [0.2, 0.25) is 0 Å². The molecule has 2 aromatic rings. The van der Waals surface area contributed by atoms with Crippen LogP contribution in [-0.2, 0) is 9.47 Å².